The summed E-state index contributed by atoms with van der Waals surface area (Å²) in [5.41, 5.74) is 1.11. The minimum Gasteiger partial charge on any atom is -0.508 e. The first-order valence-corrected chi connectivity index (χ1v) is 8.46. The first-order valence-electron chi connectivity index (χ1n) is 8.46. The summed E-state index contributed by atoms with van der Waals surface area (Å²) in [5, 5.41) is 12.8. The summed E-state index contributed by atoms with van der Waals surface area (Å²) < 4.78 is 0. The zero-order valence-electron chi connectivity index (χ0n) is 14.2. The van der Waals surface area contributed by atoms with Crippen LogP contribution in [0.5, 0.6) is 5.75 Å². The van der Waals surface area contributed by atoms with Crippen LogP contribution in [0.15, 0.2) is 41.4 Å². The Morgan fingerprint density at radius 3 is 2.62 bits per heavy atom. The minimum absolute atomic E-state index is 0. The van der Waals surface area contributed by atoms with Gasteiger partial charge in [-0.15, -0.1) is 24.0 Å². The molecule has 0 aromatic heterocycles. The summed E-state index contributed by atoms with van der Waals surface area (Å²) in [6.45, 7) is 7.88. The molecule has 2 heterocycles. The Bertz CT molecular complexity index is 565. The number of nitrogens with zero attached hydrogens (tertiary/aromatic N) is 3. The highest BCUT2D eigenvalue weighted by Crippen LogP contribution is 2.18. The van der Waals surface area contributed by atoms with Crippen LogP contribution in [0.25, 0.3) is 0 Å². The van der Waals surface area contributed by atoms with E-state index in [1.807, 2.05) is 12.1 Å². The van der Waals surface area contributed by atoms with E-state index in [2.05, 4.69) is 34.2 Å². The SMILES string of the molecule is CCNC(=NCc1ccc(O)cc1)N1CCC(N2CC=CC2)C1.I. The largest absolute Gasteiger partial charge is 0.508 e. The van der Waals surface area contributed by atoms with Crippen LogP contribution in [0.3, 0.4) is 0 Å². The normalized spacial score (nSPS) is 21.1. The molecule has 132 valence electrons. The molecule has 24 heavy (non-hydrogen) atoms. The second-order valence-electron chi connectivity index (χ2n) is 6.15. The molecule has 0 aliphatic carbocycles. The molecule has 1 fully saturated rings. The van der Waals surface area contributed by atoms with Crippen molar-refractivity contribution in [2.24, 2.45) is 4.99 Å². The van der Waals surface area contributed by atoms with Gasteiger partial charge in [0.15, 0.2) is 5.96 Å². The quantitative estimate of drug-likeness (QED) is 0.326. The maximum atomic E-state index is 9.36. The van der Waals surface area contributed by atoms with Crippen LogP contribution in [-0.4, -0.2) is 59.6 Å². The highest BCUT2D eigenvalue weighted by atomic mass is 127. The number of guanidine groups is 1. The summed E-state index contributed by atoms with van der Waals surface area (Å²) >= 11 is 0. The Morgan fingerprint density at radius 2 is 1.96 bits per heavy atom. The molecular weight excluding hydrogens is 415 g/mol. The zero-order chi connectivity index (χ0) is 16.1. The van der Waals surface area contributed by atoms with Crippen LogP contribution < -0.4 is 5.32 Å². The molecule has 0 amide bonds. The third-order valence-corrected chi connectivity index (χ3v) is 4.51. The van der Waals surface area contributed by atoms with Gasteiger partial charge in [-0.25, -0.2) is 4.99 Å². The Balaban J connectivity index is 0.00000208. The molecule has 2 N–H and O–H groups in total. The van der Waals surface area contributed by atoms with E-state index in [0.29, 0.717) is 18.3 Å². The predicted molar refractivity (Wildman–Crippen MR) is 109 cm³/mol. The number of aliphatic imine (C=N–C) groups is 1. The van der Waals surface area contributed by atoms with Crippen LogP contribution in [0.2, 0.25) is 0 Å². The molecule has 2 aliphatic heterocycles. The maximum Gasteiger partial charge on any atom is 0.194 e. The summed E-state index contributed by atoms with van der Waals surface area (Å²) in [6, 6.07) is 7.90. The molecule has 1 atom stereocenters. The van der Waals surface area contributed by atoms with Crippen molar-refractivity contribution in [2.45, 2.75) is 25.9 Å². The zero-order valence-corrected chi connectivity index (χ0v) is 16.5. The molecule has 1 unspecified atom stereocenters. The second-order valence-corrected chi connectivity index (χ2v) is 6.15. The molecule has 1 saturated heterocycles. The van der Waals surface area contributed by atoms with Gasteiger partial charge in [0.2, 0.25) is 0 Å². The van der Waals surface area contributed by atoms with Crippen molar-refractivity contribution < 1.29 is 5.11 Å². The van der Waals surface area contributed by atoms with Crippen molar-refractivity contribution >= 4 is 29.9 Å². The molecule has 0 spiro atoms. The van der Waals surface area contributed by atoms with Crippen LogP contribution >= 0.6 is 24.0 Å². The molecule has 0 radical (unpaired) electrons. The Morgan fingerprint density at radius 1 is 1.25 bits per heavy atom. The summed E-state index contributed by atoms with van der Waals surface area (Å²) in [4.78, 5) is 9.67. The topological polar surface area (TPSA) is 51.1 Å². The first-order chi connectivity index (χ1) is 11.3. The Labute approximate surface area is 161 Å². The predicted octanol–water partition coefficient (Wildman–Crippen LogP) is 2.42. The van der Waals surface area contributed by atoms with Crippen molar-refractivity contribution in [3.05, 3.63) is 42.0 Å². The van der Waals surface area contributed by atoms with Gasteiger partial charge in [-0.2, -0.15) is 0 Å². The van der Waals surface area contributed by atoms with Crippen LogP contribution in [0.4, 0.5) is 0 Å². The number of hydrogen-bond donors (Lipinski definition) is 2. The lowest BCUT2D eigenvalue weighted by molar-refractivity contribution is 0.259. The smallest absolute Gasteiger partial charge is 0.194 e. The van der Waals surface area contributed by atoms with Crippen molar-refractivity contribution in [1.29, 1.82) is 0 Å². The summed E-state index contributed by atoms with van der Waals surface area (Å²) in [5.74, 6) is 1.29. The molecule has 1 aromatic rings. The number of rotatable bonds is 4. The van der Waals surface area contributed by atoms with Crippen molar-refractivity contribution in [1.82, 2.24) is 15.1 Å². The lowest BCUT2D eigenvalue weighted by Crippen LogP contribution is -2.42. The number of hydrogen-bond acceptors (Lipinski definition) is 3. The highest BCUT2D eigenvalue weighted by molar-refractivity contribution is 14.0. The molecule has 5 nitrogen and oxygen atoms in total. The third kappa shape index (κ3) is 4.86. The van der Waals surface area contributed by atoms with E-state index in [-0.39, 0.29) is 24.0 Å². The average Bonchev–Trinajstić information content (AvgIpc) is 3.24. The van der Waals surface area contributed by atoms with Crippen molar-refractivity contribution in [3.8, 4) is 5.75 Å². The van der Waals surface area contributed by atoms with Gasteiger partial charge in [-0.1, -0.05) is 24.3 Å². The number of halogens is 1. The molecule has 3 rings (SSSR count). The van der Waals surface area contributed by atoms with Gasteiger partial charge in [0.25, 0.3) is 0 Å². The number of phenols is 1. The molecule has 6 heteroatoms. The van der Waals surface area contributed by atoms with Gasteiger partial charge in [-0.05, 0) is 31.0 Å². The highest BCUT2D eigenvalue weighted by Gasteiger charge is 2.29. The molecule has 1 aromatic carbocycles. The second kappa shape index (κ2) is 9.27. The van der Waals surface area contributed by atoms with E-state index < -0.39 is 0 Å². The minimum atomic E-state index is 0. The fourth-order valence-electron chi connectivity index (χ4n) is 3.22. The van der Waals surface area contributed by atoms with Crippen molar-refractivity contribution in [3.63, 3.8) is 0 Å². The van der Waals surface area contributed by atoms with Gasteiger partial charge >= 0.3 is 0 Å². The van der Waals surface area contributed by atoms with E-state index in [1.165, 1.54) is 6.42 Å². The number of benzene rings is 1. The molecular formula is C18H27IN4O. The fourth-order valence-corrected chi connectivity index (χ4v) is 3.22. The van der Waals surface area contributed by atoms with Gasteiger partial charge in [-0.3, -0.25) is 4.90 Å². The number of likely N-dealkylation sites (tertiary alicyclic amines) is 1. The van der Waals surface area contributed by atoms with Gasteiger partial charge in [0.1, 0.15) is 5.75 Å². The van der Waals surface area contributed by atoms with Gasteiger partial charge in [0, 0.05) is 38.8 Å². The Hall–Kier alpha value is -1.28. The van der Waals surface area contributed by atoms with E-state index >= 15 is 0 Å². The lowest BCUT2D eigenvalue weighted by atomic mass is 10.2. The average molecular weight is 442 g/mol. The van der Waals surface area contributed by atoms with Gasteiger partial charge in [0.05, 0.1) is 6.54 Å². The first kappa shape index (κ1) is 19.1. The molecule has 2 aliphatic rings. The van der Waals surface area contributed by atoms with Crippen LogP contribution in [0, 0.1) is 0 Å². The van der Waals surface area contributed by atoms with E-state index in [1.54, 1.807) is 12.1 Å². The van der Waals surface area contributed by atoms with Crippen LogP contribution in [-0.2, 0) is 6.54 Å². The Kier molecular flexibility index (Phi) is 7.36. The van der Waals surface area contributed by atoms with E-state index in [9.17, 15) is 5.11 Å². The monoisotopic (exact) mass is 442 g/mol. The number of aromatic hydroxyl groups is 1. The fraction of sp³-hybridized carbons (Fsp3) is 0.500. The van der Waals surface area contributed by atoms with Crippen molar-refractivity contribution in [2.75, 3.05) is 32.7 Å². The molecule has 0 bridgehead atoms. The van der Waals surface area contributed by atoms with Gasteiger partial charge < -0.3 is 15.3 Å². The summed E-state index contributed by atoms with van der Waals surface area (Å²) in [6.07, 6.45) is 5.71. The third-order valence-electron chi connectivity index (χ3n) is 4.51. The lowest BCUT2D eigenvalue weighted by Gasteiger charge is -2.25. The number of phenolic OH excluding ortho intramolecular Hbond substituents is 1. The summed E-state index contributed by atoms with van der Waals surface area (Å²) in [7, 11) is 0. The standard InChI is InChI=1S/C18H26N4O.HI/c1-2-19-18(20-13-15-5-7-17(23)8-6-15)22-12-9-16(14-22)21-10-3-4-11-21;/h3-8,16,23H,2,9-14H2,1H3,(H,19,20);1H. The maximum absolute atomic E-state index is 9.36. The van der Waals surface area contributed by atoms with E-state index in [4.69, 9.17) is 4.99 Å². The van der Waals surface area contributed by atoms with Crippen LogP contribution in [0.1, 0.15) is 18.9 Å². The molecule has 0 saturated carbocycles. The number of nitrogens with one attached hydrogen (secondary N) is 1. The van der Waals surface area contributed by atoms with E-state index in [0.717, 1.165) is 44.2 Å².